The molecule has 4 heteroatoms. The van der Waals surface area contributed by atoms with E-state index in [1.165, 1.54) is 18.9 Å². The first-order chi connectivity index (χ1) is 9.90. The lowest BCUT2D eigenvalue weighted by molar-refractivity contribution is 0.0350. The third-order valence-electron chi connectivity index (χ3n) is 3.98. The molecule has 0 saturated carbocycles. The number of nitrogens with zero attached hydrogens (tertiary/aromatic N) is 2. The second-order valence-electron chi connectivity index (χ2n) is 6.55. The molecule has 1 aliphatic rings. The fourth-order valence-corrected chi connectivity index (χ4v) is 3.01. The zero-order valence-corrected chi connectivity index (χ0v) is 13.4. The molecule has 1 aromatic carbocycles. The Balaban J connectivity index is 2.21. The van der Waals surface area contributed by atoms with Crippen LogP contribution in [0.5, 0.6) is 0 Å². The van der Waals surface area contributed by atoms with Crippen molar-refractivity contribution in [1.29, 1.82) is 0 Å². The van der Waals surface area contributed by atoms with Crippen LogP contribution in [0.3, 0.4) is 0 Å². The van der Waals surface area contributed by atoms with Gasteiger partial charge in [0.25, 0.3) is 0 Å². The molecule has 1 N–H and O–H groups in total. The van der Waals surface area contributed by atoms with Crippen molar-refractivity contribution in [3.8, 4) is 0 Å². The molecule has 1 aliphatic heterocycles. The van der Waals surface area contributed by atoms with Crippen molar-refractivity contribution < 1.29 is 9.50 Å². The fraction of sp³-hybridized carbons (Fsp3) is 0.647. The first-order valence-electron chi connectivity index (χ1n) is 7.88. The maximum atomic E-state index is 14.3. The number of rotatable bonds is 6. The number of hydrogen-bond donors (Lipinski definition) is 1. The van der Waals surface area contributed by atoms with Crippen LogP contribution in [-0.2, 0) is 6.54 Å². The summed E-state index contributed by atoms with van der Waals surface area (Å²) < 4.78 is 14.3. The van der Waals surface area contributed by atoms with Gasteiger partial charge in [0.15, 0.2) is 0 Å². The molecular formula is C17H27FN2O. The number of likely N-dealkylation sites (N-methyl/N-ethyl adjacent to an activating group) is 1. The molecule has 21 heavy (non-hydrogen) atoms. The average Bonchev–Trinajstić information content (AvgIpc) is 2.92. The van der Waals surface area contributed by atoms with E-state index in [4.69, 9.17) is 0 Å². The first kappa shape index (κ1) is 16.2. The molecule has 0 bridgehead atoms. The molecule has 0 amide bonds. The van der Waals surface area contributed by atoms with E-state index in [1.807, 2.05) is 13.0 Å². The fourth-order valence-electron chi connectivity index (χ4n) is 3.01. The smallest absolute Gasteiger partial charge is 0.129 e. The van der Waals surface area contributed by atoms with Gasteiger partial charge in [0, 0.05) is 37.4 Å². The van der Waals surface area contributed by atoms with Crippen LogP contribution in [-0.4, -0.2) is 41.8 Å². The van der Waals surface area contributed by atoms with Gasteiger partial charge in [0.1, 0.15) is 5.82 Å². The van der Waals surface area contributed by atoms with Crippen LogP contribution < -0.4 is 4.90 Å². The summed E-state index contributed by atoms with van der Waals surface area (Å²) in [7, 11) is 0. The van der Waals surface area contributed by atoms with E-state index in [0.717, 1.165) is 30.9 Å². The maximum Gasteiger partial charge on any atom is 0.129 e. The third kappa shape index (κ3) is 4.42. The monoisotopic (exact) mass is 294 g/mol. The lowest BCUT2D eigenvalue weighted by Crippen LogP contribution is -2.38. The molecule has 2 rings (SSSR count). The highest BCUT2D eigenvalue weighted by Crippen LogP contribution is 2.28. The van der Waals surface area contributed by atoms with Gasteiger partial charge < -0.3 is 10.0 Å². The summed E-state index contributed by atoms with van der Waals surface area (Å²) in [5.74, 6) is -0.145. The van der Waals surface area contributed by atoms with Crippen molar-refractivity contribution >= 4 is 5.69 Å². The minimum atomic E-state index is -0.769. The molecule has 0 unspecified atom stereocenters. The molecule has 0 radical (unpaired) electrons. The summed E-state index contributed by atoms with van der Waals surface area (Å²) in [6.07, 6.45) is 2.36. The van der Waals surface area contributed by atoms with E-state index >= 15 is 0 Å². The minimum absolute atomic E-state index is 0.145. The normalized spacial score (nSPS) is 16.0. The second kappa shape index (κ2) is 6.75. The van der Waals surface area contributed by atoms with Crippen molar-refractivity contribution in [1.82, 2.24) is 4.90 Å². The molecule has 0 aromatic heterocycles. The summed E-state index contributed by atoms with van der Waals surface area (Å²) in [4.78, 5) is 4.37. The van der Waals surface area contributed by atoms with Crippen molar-refractivity contribution in [2.75, 3.05) is 31.1 Å². The van der Waals surface area contributed by atoms with Crippen LogP contribution in [0, 0.1) is 5.82 Å². The van der Waals surface area contributed by atoms with Crippen molar-refractivity contribution in [3.05, 3.63) is 29.6 Å². The Morgan fingerprint density at radius 3 is 2.52 bits per heavy atom. The van der Waals surface area contributed by atoms with Crippen LogP contribution in [0.2, 0.25) is 0 Å². The predicted molar refractivity (Wildman–Crippen MR) is 85.1 cm³/mol. The summed E-state index contributed by atoms with van der Waals surface area (Å²) in [6, 6.07) is 5.34. The lowest BCUT2D eigenvalue weighted by atomic mass is 10.1. The molecule has 118 valence electrons. The summed E-state index contributed by atoms with van der Waals surface area (Å²) in [5, 5.41) is 10.0. The van der Waals surface area contributed by atoms with Gasteiger partial charge in [-0.25, -0.2) is 4.39 Å². The quantitative estimate of drug-likeness (QED) is 0.873. The molecule has 1 aromatic rings. The molecule has 0 aliphatic carbocycles. The van der Waals surface area contributed by atoms with Gasteiger partial charge in [-0.05, 0) is 45.4 Å². The van der Waals surface area contributed by atoms with Crippen LogP contribution in [0.15, 0.2) is 18.2 Å². The minimum Gasteiger partial charge on any atom is -0.389 e. The standard InChI is InChI=1S/C17H27FN2O/c1-4-19(13-17(2,3)21)12-14-15(18)8-7-9-16(14)20-10-5-6-11-20/h7-9,21H,4-6,10-13H2,1-3H3. The molecule has 0 spiro atoms. The van der Waals surface area contributed by atoms with Crippen molar-refractivity contribution in [2.24, 2.45) is 0 Å². The number of aliphatic hydroxyl groups is 1. The predicted octanol–water partition coefficient (Wildman–Crippen LogP) is 3.02. The van der Waals surface area contributed by atoms with Crippen LogP contribution >= 0.6 is 0 Å². The van der Waals surface area contributed by atoms with E-state index in [0.29, 0.717) is 13.1 Å². The summed E-state index contributed by atoms with van der Waals surface area (Å²) in [5.41, 5.74) is 1.00. The van der Waals surface area contributed by atoms with E-state index < -0.39 is 5.60 Å². The van der Waals surface area contributed by atoms with E-state index in [2.05, 4.69) is 9.80 Å². The topological polar surface area (TPSA) is 26.7 Å². The highest BCUT2D eigenvalue weighted by atomic mass is 19.1. The largest absolute Gasteiger partial charge is 0.389 e. The third-order valence-corrected chi connectivity index (χ3v) is 3.98. The Morgan fingerprint density at radius 1 is 1.29 bits per heavy atom. The summed E-state index contributed by atoms with van der Waals surface area (Å²) in [6.45, 7) is 9.51. The average molecular weight is 294 g/mol. The molecule has 1 saturated heterocycles. The molecule has 3 nitrogen and oxygen atoms in total. The molecule has 0 atom stereocenters. The van der Waals surface area contributed by atoms with Crippen LogP contribution in [0.1, 0.15) is 39.2 Å². The Hall–Kier alpha value is -1.13. The van der Waals surface area contributed by atoms with Crippen LogP contribution in [0.25, 0.3) is 0 Å². The van der Waals surface area contributed by atoms with Gasteiger partial charge in [-0.2, -0.15) is 0 Å². The number of anilines is 1. The Bertz CT molecular complexity index is 464. The highest BCUT2D eigenvalue weighted by Gasteiger charge is 2.22. The molecule has 1 heterocycles. The van der Waals surface area contributed by atoms with Gasteiger partial charge in [-0.15, -0.1) is 0 Å². The SMILES string of the molecule is CCN(Cc1c(F)cccc1N1CCCC1)CC(C)(C)O. The summed E-state index contributed by atoms with van der Waals surface area (Å²) >= 11 is 0. The van der Waals surface area contributed by atoms with Gasteiger partial charge in [-0.1, -0.05) is 13.0 Å². The van der Waals surface area contributed by atoms with Crippen molar-refractivity contribution in [2.45, 2.75) is 45.8 Å². The van der Waals surface area contributed by atoms with E-state index in [1.54, 1.807) is 19.9 Å². The van der Waals surface area contributed by atoms with Gasteiger partial charge in [0.05, 0.1) is 5.60 Å². The first-order valence-corrected chi connectivity index (χ1v) is 7.88. The van der Waals surface area contributed by atoms with E-state index in [-0.39, 0.29) is 5.82 Å². The van der Waals surface area contributed by atoms with Gasteiger partial charge in [-0.3, -0.25) is 4.90 Å². The van der Waals surface area contributed by atoms with Gasteiger partial charge >= 0.3 is 0 Å². The zero-order valence-electron chi connectivity index (χ0n) is 13.4. The number of benzene rings is 1. The Kier molecular flexibility index (Phi) is 5.22. The Labute approximate surface area is 127 Å². The molecular weight excluding hydrogens is 267 g/mol. The number of halogens is 1. The highest BCUT2D eigenvalue weighted by molar-refractivity contribution is 5.54. The lowest BCUT2D eigenvalue weighted by Gasteiger charge is -2.30. The molecule has 1 fully saturated rings. The zero-order chi connectivity index (χ0) is 15.5. The van der Waals surface area contributed by atoms with Crippen molar-refractivity contribution in [3.63, 3.8) is 0 Å². The maximum absolute atomic E-state index is 14.3. The Morgan fingerprint density at radius 2 is 1.95 bits per heavy atom. The second-order valence-corrected chi connectivity index (χ2v) is 6.55. The van der Waals surface area contributed by atoms with Gasteiger partial charge in [0.2, 0.25) is 0 Å². The van der Waals surface area contributed by atoms with E-state index in [9.17, 15) is 9.50 Å². The number of hydrogen-bond acceptors (Lipinski definition) is 3. The van der Waals surface area contributed by atoms with Crippen LogP contribution in [0.4, 0.5) is 10.1 Å².